The van der Waals surface area contributed by atoms with Gasteiger partial charge in [-0.2, -0.15) is 0 Å². The second-order valence-electron chi connectivity index (χ2n) is 11.3. The molecule has 0 saturated heterocycles. The fourth-order valence-electron chi connectivity index (χ4n) is 5.38. The minimum absolute atomic E-state index is 0.309. The Labute approximate surface area is 243 Å². The first-order valence-corrected chi connectivity index (χ1v) is 15.7. The normalized spacial score (nSPS) is 12.5. The summed E-state index contributed by atoms with van der Waals surface area (Å²) in [6.07, 6.45) is 10.1. The van der Waals surface area contributed by atoms with Crippen molar-refractivity contribution in [1.82, 2.24) is 9.80 Å². The van der Waals surface area contributed by atoms with Gasteiger partial charge in [0.05, 0.1) is 0 Å². The number of fused-ring (bicyclic) bond motifs is 1. The third-order valence-corrected chi connectivity index (χ3v) is 7.95. The molecule has 4 heteroatoms. The molecule has 0 bridgehead atoms. The van der Waals surface area contributed by atoms with Crippen LogP contribution >= 0.6 is 0 Å². The van der Waals surface area contributed by atoms with Crippen molar-refractivity contribution in [3.8, 4) is 22.6 Å². The zero-order valence-corrected chi connectivity index (χ0v) is 25.2. The average Bonchev–Trinajstić information content (AvgIpc) is 3.46. The Hall–Kier alpha value is -2.82. The maximum absolute atomic E-state index is 5.59. The zero-order valence-electron chi connectivity index (χ0n) is 25.2. The van der Waals surface area contributed by atoms with E-state index in [1.807, 2.05) is 6.07 Å². The minimum Gasteiger partial charge on any atom is -0.454 e. The summed E-state index contributed by atoms with van der Waals surface area (Å²) in [5, 5.41) is 0. The smallest absolute Gasteiger partial charge is 0.231 e. The Kier molecular flexibility index (Phi) is 12.4. The van der Waals surface area contributed by atoms with Gasteiger partial charge in [0.25, 0.3) is 0 Å². The largest absolute Gasteiger partial charge is 0.454 e. The molecule has 3 aromatic rings. The molecule has 3 aromatic carbocycles. The molecule has 1 heterocycles. The van der Waals surface area contributed by atoms with Gasteiger partial charge in [0.15, 0.2) is 11.5 Å². The van der Waals surface area contributed by atoms with Crippen LogP contribution in [0.4, 0.5) is 0 Å². The van der Waals surface area contributed by atoms with Crippen molar-refractivity contribution in [3.63, 3.8) is 0 Å². The quantitative estimate of drug-likeness (QED) is 0.150. The lowest BCUT2D eigenvalue weighted by Crippen LogP contribution is -2.36. The highest BCUT2D eigenvalue weighted by atomic mass is 16.7. The molecule has 0 fully saturated rings. The molecule has 216 valence electrons. The Morgan fingerprint density at radius 3 is 1.73 bits per heavy atom. The van der Waals surface area contributed by atoms with Crippen LogP contribution in [0.5, 0.6) is 11.5 Å². The molecule has 1 aliphatic heterocycles. The van der Waals surface area contributed by atoms with E-state index in [9.17, 15) is 0 Å². The lowest BCUT2D eigenvalue weighted by atomic mass is 10.0. The summed E-state index contributed by atoms with van der Waals surface area (Å²) >= 11 is 0. The van der Waals surface area contributed by atoms with Gasteiger partial charge < -0.3 is 14.4 Å². The topological polar surface area (TPSA) is 24.9 Å². The molecule has 4 nitrogen and oxygen atoms in total. The lowest BCUT2D eigenvalue weighted by Gasteiger charge is -2.28. The summed E-state index contributed by atoms with van der Waals surface area (Å²) in [6.45, 7) is 13.7. The van der Waals surface area contributed by atoms with Crippen molar-refractivity contribution in [2.24, 2.45) is 0 Å². The van der Waals surface area contributed by atoms with Crippen molar-refractivity contribution in [1.29, 1.82) is 0 Å². The van der Waals surface area contributed by atoms with Gasteiger partial charge in [0, 0.05) is 26.2 Å². The van der Waals surface area contributed by atoms with Crippen LogP contribution in [0.15, 0.2) is 66.7 Å². The number of benzene rings is 3. The van der Waals surface area contributed by atoms with Crippen LogP contribution in [-0.2, 0) is 19.5 Å². The van der Waals surface area contributed by atoms with Gasteiger partial charge in [-0.3, -0.25) is 4.90 Å². The molecular formula is C36H50N2O2. The highest BCUT2D eigenvalue weighted by molar-refractivity contribution is 5.67. The summed E-state index contributed by atoms with van der Waals surface area (Å²) in [5.41, 5.74) is 6.60. The van der Waals surface area contributed by atoms with Crippen molar-refractivity contribution >= 4 is 0 Å². The van der Waals surface area contributed by atoms with Crippen molar-refractivity contribution < 1.29 is 9.47 Å². The summed E-state index contributed by atoms with van der Waals surface area (Å²) < 4.78 is 11.1. The first kappa shape index (κ1) is 30.1. The van der Waals surface area contributed by atoms with E-state index in [4.69, 9.17) is 9.47 Å². The fourth-order valence-corrected chi connectivity index (χ4v) is 5.38. The summed E-state index contributed by atoms with van der Waals surface area (Å²) in [4.78, 5) is 5.31. The molecule has 0 unspecified atom stereocenters. The van der Waals surface area contributed by atoms with E-state index in [0.717, 1.165) is 43.2 Å². The molecule has 0 saturated carbocycles. The summed E-state index contributed by atoms with van der Waals surface area (Å²) in [6, 6.07) is 24.6. The molecule has 40 heavy (non-hydrogen) atoms. The SMILES string of the molecule is CCCCCc1ccc(CN(CCN(CCCC)CCCC)Cc2ccc(-c3ccc4c(c3)OCO4)cc2)cc1. The predicted molar refractivity (Wildman–Crippen MR) is 168 cm³/mol. The van der Waals surface area contributed by atoms with Gasteiger partial charge in [0.2, 0.25) is 6.79 Å². The molecular weight excluding hydrogens is 492 g/mol. The lowest BCUT2D eigenvalue weighted by molar-refractivity contribution is 0.174. The van der Waals surface area contributed by atoms with Crippen LogP contribution in [0.3, 0.4) is 0 Å². The van der Waals surface area contributed by atoms with Crippen LogP contribution < -0.4 is 9.47 Å². The summed E-state index contributed by atoms with van der Waals surface area (Å²) in [5.74, 6) is 1.66. The van der Waals surface area contributed by atoms with Gasteiger partial charge in [0.1, 0.15) is 0 Å². The van der Waals surface area contributed by atoms with Gasteiger partial charge in [-0.1, -0.05) is 101 Å². The van der Waals surface area contributed by atoms with E-state index in [1.165, 1.54) is 86.7 Å². The standard InChI is InChI=1S/C36H50N2O2/c1-4-7-10-11-30-12-14-31(15-13-30)27-38(25-24-37(22-8-5-2)23-9-6-3)28-32-16-18-33(19-17-32)34-20-21-35-36(26-34)40-29-39-35/h12-21,26H,4-11,22-25,27-29H2,1-3H3. The molecule has 0 spiro atoms. The van der Waals surface area contributed by atoms with Gasteiger partial charge in [-0.25, -0.2) is 0 Å². The van der Waals surface area contributed by atoms with Crippen LogP contribution in [0.2, 0.25) is 0 Å². The van der Waals surface area contributed by atoms with Gasteiger partial charge in [-0.15, -0.1) is 0 Å². The number of nitrogens with zero attached hydrogens (tertiary/aromatic N) is 2. The first-order chi connectivity index (χ1) is 19.7. The van der Waals surface area contributed by atoms with Gasteiger partial charge >= 0.3 is 0 Å². The number of ether oxygens (including phenoxy) is 2. The first-order valence-electron chi connectivity index (χ1n) is 15.7. The Bertz CT molecular complexity index is 1120. The second kappa shape index (κ2) is 16.4. The predicted octanol–water partition coefficient (Wildman–Crippen LogP) is 8.72. The van der Waals surface area contributed by atoms with Crippen LogP contribution in [-0.4, -0.2) is 42.8 Å². The van der Waals surface area contributed by atoms with E-state index in [2.05, 4.69) is 91.2 Å². The average molecular weight is 543 g/mol. The molecule has 4 rings (SSSR count). The second-order valence-corrected chi connectivity index (χ2v) is 11.3. The van der Waals surface area contributed by atoms with Crippen molar-refractivity contribution in [2.75, 3.05) is 33.0 Å². The Morgan fingerprint density at radius 1 is 0.525 bits per heavy atom. The molecule has 0 aliphatic carbocycles. The van der Waals surface area contributed by atoms with Crippen LogP contribution in [0.25, 0.3) is 11.1 Å². The number of hydrogen-bond acceptors (Lipinski definition) is 4. The zero-order chi connectivity index (χ0) is 28.0. The molecule has 0 amide bonds. The van der Waals surface area contributed by atoms with E-state index in [1.54, 1.807) is 0 Å². The van der Waals surface area contributed by atoms with E-state index in [0.29, 0.717) is 6.79 Å². The van der Waals surface area contributed by atoms with Crippen molar-refractivity contribution in [3.05, 3.63) is 83.4 Å². The molecule has 0 atom stereocenters. The van der Waals surface area contributed by atoms with Crippen LogP contribution in [0, 0.1) is 0 Å². The third kappa shape index (κ3) is 9.38. The Morgan fingerprint density at radius 2 is 1.07 bits per heavy atom. The maximum atomic E-state index is 5.59. The van der Waals surface area contributed by atoms with Crippen LogP contribution in [0.1, 0.15) is 82.4 Å². The molecule has 1 aliphatic rings. The molecule has 0 radical (unpaired) electrons. The molecule has 0 N–H and O–H groups in total. The number of unbranched alkanes of at least 4 members (excludes halogenated alkanes) is 4. The number of rotatable bonds is 18. The summed E-state index contributed by atoms with van der Waals surface area (Å²) in [7, 11) is 0. The minimum atomic E-state index is 0.309. The van der Waals surface area contributed by atoms with E-state index in [-0.39, 0.29) is 0 Å². The number of aryl methyl sites for hydroxylation is 1. The molecule has 0 aromatic heterocycles. The maximum Gasteiger partial charge on any atom is 0.231 e. The number of hydrogen-bond donors (Lipinski definition) is 0. The van der Waals surface area contributed by atoms with Gasteiger partial charge in [-0.05, 0) is 78.7 Å². The van der Waals surface area contributed by atoms with E-state index >= 15 is 0 Å². The highest BCUT2D eigenvalue weighted by Crippen LogP contribution is 2.36. The third-order valence-electron chi connectivity index (χ3n) is 7.95. The van der Waals surface area contributed by atoms with E-state index < -0.39 is 0 Å². The fraction of sp³-hybridized carbons (Fsp3) is 0.500. The van der Waals surface area contributed by atoms with Crippen molar-refractivity contribution in [2.45, 2.75) is 85.2 Å². The monoisotopic (exact) mass is 542 g/mol. The highest BCUT2D eigenvalue weighted by Gasteiger charge is 2.15. The Balaban J connectivity index is 1.43.